The SMILES string of the molecule is COc1cc(Cl)c(C)cc1Nc1cc(C(=O)NCc2cccnc2)ncn1. The molecule has 7 nitrogen and oxygen atoms in total. The molecule has 2 heterocycles. The Balaban J connectivity index is 1.74. The van der Waals surface area contributed by atoms with Gasteiger partial charge in [-0.15, -0.1) is 0 Å². The van der Waals surface area contributed by atoms with E-state index >= 15 is 0 Å². The first-order chi connectivity index (χ1) is 13.1. The summed E-state index contributed by atoms with van der Waals surface area (Å²) in [6.07, 6.45) is 4.71. The average molecular weight is 384 g/mol. The molecule has 27 heavy (non-hydrogen) atoms. The van der Waals surface area contributed by atoms with Gasteiger partial charge in [-0.05, 0) is 30.2 Å². The minimum Gasteiger partial charge on any atom is -0.495 e. The van der Waals surface area contributed by atoms with E-state index in [1.807, 2.05) is 25.1 Å². The highest BCUT2D eigenvalue weighted by molar-refractivity contribution is 6.31. The number of halogens is 1. The number of ether oxygens (including phenoxy) is 1. The van der Waals surface area contributed by atoms with Crippen LogP contribution in [0, 0.1) is 6.92 Å². The number of aryl methyl sites for hydroxylation is 1. The van der Waals surface area contributed by atoms with Gasteiger partial charge in [-0.2, -0.15) is 0 Å². The summed E-state index contributed by atoms with van der Waals surface area (Å²) in [5.41, 5.74) is 2.74. The third-order valence-corrected chi connectivity index (χ3v) is 4.23. The Kier molecular flexibility index (Phi) is 5.83. The number of rotatable bonds is 6. The van der Waals surface area contributed by atoms with Crippen LogP contribution >= 0.6 is 11.6 Å². The van der Waals surface area contributed by atoms with E-state index in [4.69, 9.17) is 16.3 Å². The van der Waals surface area contributed by atoms with Crippen LogP contribution in [0.1, 0.15) is 21.6 Å². The number of amides is 1. The van der Waals surface area contributed by atoms with E-state index in [0.29, 0.717) is 28.8 Å². The molecule has 3 rings (SSSR count). The maximum atomic E-state index is 12.4. The van der Waals surface area contributed by atoms with Crippen molar-refractivity contribution in [2.24, 2.45) is 0 Å². The topological polar surface area (TPSA) is 89.0 Å². The molecule has 0 unspecified atom stereocenters. The zero-order valence-electron chi connectivity index (χ0n) is 14.9. The van der Waals surface area contributed by atoms with Crippen molar-refractivity contribution in [3.05, 3.63) is 70.9 Å². The number of nitrogens with one attached hydrogen (secondary N) is 2. The van der Waals surface area contributed by atoms with Crippen molar-refractivity contribution in [2.75, 3.05) is 12.4 Å². The summed E-state index contributed by atoms with van der Waals surface area (Å²) < 4.78 is 5.34. The Morgan fingerprint density at radius 3 is 2.85 bits per heavy atom. The zero-order valence-corrected chi connectivity index (χ0v) is 15.6. The standard InChI is InChI=1S/C19H18ClN5O2/c1-12-6-15(17(27-2)7-14(12)20)25-18-8-16(23-11-24-18)19(26)22-10-13-4-3-5-21-9-13/h3-9,11H,10H2,1-2H3,(H,22,26)(H,23,24,25). The van der Waals surface area contributed by atoms with Gasteiger partial charge in [0.1, 0.15) is 23.6 Å². The molecule has 0 atom stereocenters. The Labute approximate surface area is 161 Å². The molecular weight excluding hydrogens is 366 g/mol. The van der Waals surface area contributed by atoms with Crippen molar-refractivity contribution in [1.82, 2.24) is 20.3 Å². The second-order valence-electron chi connectivity index (χ2n) is 5.76. The summed E-state index contributed by atoms with van der Waals surface area (Å²) in [5, 5.41) is 6.55. The molecule has 0 fully saturated rings. The van der Waals surface area contributed by atoms with Crippen molar-refractivity contribution < 1.29 is 9.53 Å². The number of benzene rings is 1. The van der Waals surface area contributed by atoms with Gasteiger partial charge in [0.15, 0.2) is 0 Å². The van der Waals surface area contributed by atoms with Crippen molar-refractivity contribution in [3.8, 4) is 5.75 Å². The van der Waals surface area contributed by atoms with Gasteiger partial charge in [-0.25, -0.2) is 9.97 Å². The molecule has 1 aromatic carbocycles. The smallest absolute Gasteiger partial charge is 0.270 e. The van der Waals surface area contributed by atoms with Crippen LogP contribution in [0.2, 0.25) is 5.02 Å². The van der Waals surface area contributed by atoms with E-state index in [1.165, 1.54) is 6.33 Å². The molecule has 3 aromatic rings. The van der Waals surface area contributed by atoms with Gasteiger partial charge < -0.3 is 15.4 Å². The molecule has 0 saturated heterocycles. The van der Waals surface area contributed by atoms with Gasteiger partial charge in [0.05, 0.1) is 12.8 Å². The lowest BCUT2D eigenvalue weighted by atomic mass is 10.2. The number of aromatic nitrogens is 3. The van der Waals surface area contributed by atoms with Crippen molar-refractivity contribution in [1.29, 1.82) is 0 Å². The van der Waals surface area contributed by atoms with Crippen LogP contribution < -0.4 is 15.4 Å². The van der Waals surface area contributed by atoms with Crippen LogP contribution in [-0.2, 0) is 6.54 Å². The summed E-state index contributed by atoms with van der Waals surface area (Å²) in [4.78, 5) is 24.6. The maximum Gasteiger partial charge on any atom is 0.270 e. The van der Waals surface area contributed by atoms with E-state index < -0.39 is 0 Å². The highest BCUT2D eigenvalue weighted by Crippen LogP contribution is 2.32. The monoisotopic (exact) mass is 383 g/mol. The number of carbonyl (C=O) groups excluding carboxylic acids is 1. The molecule has 0 spiro atoms. The molecule has 0 aliphatic carbocycles. The molecule has 0 radical (unpaired) electrons. The molecule has 2 N–H and O–H groups in total. The summed E-state index contributed by atoms with van der Waals surface area (Å²) in [6, 6.07) is 8.85. The molecule has 138 valence electrons. The van der Waals surface area contributed by atoms with Crippen molar-refractivity contribution in [2.45, 2.75) is 13.5 Å². The number of anilines is 2. The molecule has 1 amide bonds. The molecule has 8 heteroatoms. The highest BCUT2D eigenvalue weighted by Gasteiger charge is 2.11. The van der Waals surface area contributed by atoms with Gasteiger partial charge in [-0.1, -0.05) is 17.7 Å². The van der Waals surface area contributed by atoms with Crippen LogP contribution in [0.3, 0.4) is 0 Å². The fourth-order valence-electron chi connectivity index (χ4n) is 2.39. The summed E-state index contributed by atoms with van der Waals surface area (Å²) in [7, 11) is 1.56. The van der Waals surface area contributed by atoms with Crippen LogP contribution in [0.5, 0.6) is 5.75 Å². The normalized spacial score (nSPS) is 10.3. The maximum absolute atomic E-state index is 12.4. The van der Waals surface area contributed by atoms with Crippen LogP contribution in [-0.4, -0.2) is 28.0 Å². The largest absolute Gasteiger partial charge is 0.495 e. The lowest BCUT2D eigenvalue weighted by Crippen LogP contribution is -2.24. The first-order valence-electron chi connectivity index (χ1n) is 8.17. The Hall–Kier alpha value is -3.19. The lowest BCUT2D eigenvalue weighted by molar-refractivity contribution is 0.0945. The number of carbonyl (C=O) groups is 1. The van der Waals surface area contributed by atoms with E-state index in [1.54, 1.807) is 31.6 Å². The molecule has 0 bridgehead atoms. The summed E-state index contributed by atoms with van der Waals surface area (Å²) >= 11 is 6.13. The fourth-order valence-corrected chi connectivity index (χ4v) is 2.55. The minimum absolute atomic E-state index is 0.251. The number of hydrogen-bond donors (Lipinski definition) is 2. The quantitative estimate of drug-likeness (QED) is 0.677. The van der Waals surface area contributed by atoms with Gasteiger partial charge in [-0.3, -0.25) is 9.78 Å². The van der Waals surface area contributed by atoms with Gasteiger partial charge >= 0.3 is 0 Å². The number of methoxy groups -OCH3 is 1. The number of pyridine rings is 1. The van der Waals surface area contributed by atoms with E-state index in [0.717, 1.165) is 11.1 Å². The van der Waals surface area contributed by atoms with Crippen LogP contribution in [0.4, 0.5) is 11.5 Å². The van der Waals surface area contributed by atoms with Gasteiger partial charge in [0.25, 0.3) is 5.91 Å². The molecule has 0 aliphatic rings. The first kappa shape index (κ1) is 18.6. The van der Waals surface area contributed by atoms with Crippen molar-refractivity contribution >= 4 is 29.0 Å². The molecule has 2 aromatic heterocycles. The second-order valence-corrected chi connectivity index (χ2v) is 6.17. The first-order valence-corrected chi connectivity index (χ1v) is 8.55. The molecule has 0 aliphatic heterocycles. The fraction of sp³-hybridized carbons (Fsp3) is 0.158. The van der Waals surface area contributed by atoms with Crippen LogP contribution in [0.15, 0.2) is 49.1 Å². The Morgan fingerprint density at radius 2 is 2.11 bits per heavy atom. The number of nitrogens with zero attached hydrogens (tertiary/aromatic N) is 3. The predicted molar refractivity (Wildman–Crippen MR) is 103 cm³/mol. The van der Waals surface area contributed by atoms with Crippen molar-refractivity contribution in [3.63, 3.8) is 0 Å². The summed E-state index contributed by atoms with van der Waals surface area (Å²) in [5.74, 6) is 0.742. The Bertz CT molecular complexity index is 950. The van der Waals surface area contributed by atoms with E-state index in [-0.39, 0.29) is 11.6 Å². The molecular formula is C19H18ClN5O2. The van der Waals surface area contributed by atoms with Gasteiger partial charge in [0.2, 0.25) is 0 Å². The number of hydrogen-bond acceptors (Lipinski definition) is 6. The third kappa shape index (κ3) is 4.71. The highest BCUT2D eigenvalue weighted by atomic mass is 35.5. The van der Waals surface area contributed by atoms with E-state index in [2.05, 4.69) is 25.6 Å². The average Bonchev–Trinajstić information content (AvgIpc) is 2.69. The second kappa shape index (κ2) is 8.46. The Morgan fingerprint density at radius 1 is 1.26 bits per heavy atom. The predicted octanol–water partition coefficient (Wildman–Crippen LogP) is 3.52. The lowest BCUT2D eigenvalue weighted by Gasteiger charge is -2.13. The summed E-state index contributed by atoms with van der Waals surface area (Å²) in [6.45, 7) is 2.26. The van der Waals surface area contributed by atoms with Crippen LogP contribution in [0.25, 0.3) is 0 Å². The van der Waals surface area contributed by atoms with E-state index in [9.17, 15) is 4.79 Å². The minimum atomic E-state index is -0.302. The van der Waals surface area contributed by atoms with Gasteiger partial charge in [0, 0.05) is 36.1 Å². The molecule has 0 saturated carbocycles. The zero-order chi connectivity index (χ0) is 19.2. The third-order valence-electron chi connectivity index (χ3n) is 3.82.